The van der Waals surface area contributed by atoms with Gasteiger partial charge in [0.05, 0.1) is 17.9 Å². The maximum absolute atomic E-state index is 5.69. The van der Waals surface area contributed by atoms with Crippen LogP contribution in [-0.4, -0.2) is 31.3 Å². The van der Waals surface area contributed by atoms with Gasteiger partial charge >= 0.3 is 0 Å². The molecule has 0 aromatic carbocycles. The Balaban J connectivity index is 1.79. The second kappa shape index (κ2) is 5.42. The molecule has 0 aliphatic heterocycles. The first-order valence-corrected chi connectivity index (χ1v) is 7.54. The second-order valence-corrected chi connectivity index (χ2v) is 6.42. The van der Waals surface area contributed by atoms with Crippen molar-refractivity contribution in [2.75, 3.05) is 12.8 Å². The molecule has 3 aromatic heterocycles. The molecule has 0 aliphatic rings. The van der Waals surface area contributed by atoms with Crippen LogP contribution in [0.25, 0.3) is 4.96 Å². The van der Waals surface area contributed by atoms with E-state index in [1.54, 1.807) is 23.6 Å². The number of nitrogens with two attached hydrogens (primary N) is 1. The maximum Gasteiger partial charge on any atom is 0.194 e. The van der Waals surface area contributed by atoms with Crippen LogP contribution in [0.3, 0.4) is 0 Å². The van der Waals surface area contributed by atoms with Gasteiger partial charge < -0.3 is 5.73 Å². The molecule has 0 saturated carbocycles. The summed E-state index contributed by atoms with van der Waals surface area (Å²) in [5.74, 6) is 1.24. The van der Waals surface area contributed by atoms with Crippen LogP contribution in [0.4, 0.5) is 5.82 Å². The molecule has 0 bridgehead atoms. The van der Waals surface area contributed by atoms with Gasteiger partial charge in [-0.25, -0.2) is 15.0 Å². The van der Waals surface area contributed by atoms with Gasteiger partial charge in [0, 0.05) is 23.8 Å². The van der Waals surface area contributed by atoms with Gasteiger partial charge in [-0.15, -0.1) is 11.3 Å². The van der Waals surface area contributed by atoms with Crippen LogP contribution < -0.4 is 5.73 Å². The van der Waals surface area contributed by atoms with E-state index in [4.69, 9.17) is 5.73 Å². The van der Waals surface area contributed by atoms with Gasteiger partial charge in [0.1, 0.15) is 11.6 Å². The monoisotopic (exact) mass is 302 g/mol. The predicted molar refractivity (Wildman–Crippen MR) is 84.2 cm³/mol. The highest BCUT2D eigenvalue weighted by molar-refractivity contribution is 7.17. The van der Waals surface area contributed by atoms with Crippen LogP contribution in [0.2, 0.25) is 0 Å². The zero-order chi connectivity index (χ0) is 15.0. The molecule has 0 radical (unpaired) electrons. The summed E-state index contributed by atoms with van der Waals surface area (Å²) >= 11 is 1.71. The molecule has 110 valence electrons. The molecule has 0 amide bonds. The van der Waals surface area contributed by atoms with E-state index < -0.39 is 0 Å². The fraction of sp³-hybridized carbons (Fsp3) is 0.357. The van der Waals surface area contributed by atoms with Crippen molar-refractivity contribution >= 4 is 22.1 Å². The highest BCUT2D eigenvalue weighted by Crippen LogP contribution is 2.21. The number of nitrogens with zero attached hydrogens (tertiary/aromatic N) is 5. The molecule has 3 aromatic rings. The molecular formula is C14H18N6S. The molecular weight excluding hydrogens is 284 g/mol. The average molecular weight is 302 g/mol. The first-order valence-electron chi connectivity index (χ1n) is 6.73. The van der Waals surface area contributed by atoms with E-state index in [1.807, 2.05) is 7.05 Å². The van der Waals surface area contributed by atoms with Gasteiger partial charge in [-0.05, 0) is 27.0 Å². The van der Waals surface area contributed by atoms with Crippen LogP contribution in [-0.2, 0) is 13.1 Å². The first-order chi connectivity index (χ1) is 10.0. The summed E-state index contributed by atoms with van der Waals surface area (Å²) in [4.78, 5) is 17.6. The highest BCUT2D eigenvalue weighted by atomic mass is 32.1. The number of nitrogen functional groups attached to an aromatic ring is 1. The van der Waals surface area contributed by atoms with Gasteiger partial charge in [0.2, 0.25) is 0 Å². The number of anilines is 1. The van der Waals surface area contributed by atoms with Gasteiger partial charge in [0.15, 0.2) is 4.96 Å². The lowest BCUT2D eigenvalue weighted by Crippen LogP contribution is -2.20. The van der Waals surface area contributed by atoms with E-state index >= 15 is 0 Å². The summed E-state index contributed by atoms with van der Waals surface area (Å²) in [6.45, 7) is 5.60. The lowest BCUT2D eigenvalue weighted by Gasteiger charge is -2.15. The third-order valence-electron chi connectivity index (χ3n) is 3.30. The molecule has 0 atom stereocenters. The molecule has 2 N–H and O–H groups in total. The van der Waals surface area contributed by atoms with Crippen molar-refractivity contribution in [3.05, 3.63) is 40.5 Å². The summed E-state index contributed by atoms with van der Waals surface area (Å²) in [5, 5.41) is 0. The van der Waals surface area contributed by atoms with Crippen molar-refractivity contribution in [2.24, 2.45) is 0 Å². The van der Waals surface area contributed by atoms with Crippen LogP contribution in [0.1, 0.15) is 22.1 Å². The molecule has 6 nitrogen and oxygen atoms in total. The van der Waals surface area contributed by atoms with Crippen LogP contribution in [0.5, 0.6) is 0 Å². The van der Waals surface area contributed by atoms with E-state index in [2.05, 4.69) is 44.3 Å². The van der Waals surface area contributed by atoms with Crippen molar-refractivity contribution in [1.82, 2.24) is 24.3 Å². The van der Waals surface area contributed by atoms with E-state index in [0.717, 1.165) is 23.0 Å². The minimum absolute atomic E-state index is 0.504. The van der Waals surface area contributed by atoms with Crippen molar-refractivity contribution < 1.29 is 0 Å². The summed E-state index contributed by atoms with van der Waals surface area (Å²) in [6.07, 6.45) is 3.83. The lowest BCUT2D eigenvalue weighted by molar-refractivity contribution is 0.305. The van der Waals surface area contributed by atoms with Gasteiger partial charge in [0.25, 0.3) is 0 Å². The summed E-state index contributed by atoms with van der Waals surface area (Å²) in [7, 11) is 2.05. The van der Waals surface area contributed by atoms with Crippen molar-refractivity contribution in [1.29, 1.82) is 0 Å². The fourth-order valence-corrected chi connectivity index (χ4v) is 3.23. The Morgan fingerprint density at radius 1 is 1.29 bits per heavy atom. The standard InChI is InChI=1S/C14H18N6S/c1-9-6-20-11(10(2)17-14(20)21-9)7-19(3)8-13-16-5-4-12(15)18-13/h4-6H,7-8H2,1-3H3,(H2,15,16,18). The maximum atomic E-state index is 5.69. The van der Waals surface area contributed by atoms with Crippen LogP contribution in [0.15, 0.2) is 18.5 Å². The topological polar surface area (TPSA) is 72.3 Å². The minimum Gasteiger partial charge on any atom is -0.384 e. The Morgan fingerprint density at radius 3 is 2.86 bits per heavy atom. The third-order valence-corrected chi connectivity index (χ3v) is 4.20. The normalized spacial score (nSPS) is 11.6. The first kappa shape index (κ1) is 14.0. The average Bonchev–Trinajstić information content (AvgIpc) is 2.87. The number of rotatable bonds is 4. The number of hydrogen-bond donors (Lipinski definition) is 1. The summed E-state index contributed by atoms with van der Waals surface area (Å²) in [6, 6.07) is 1.70. The molecule has 0 saturated heterocycles. The number of aromatic nitrogens is 4. The Labute approximate surface area is 127 Å². The van der Waals surface area contributed by atoms with E-state index in [9.17, 15) is 0 Å². The quantitative estimate of drug-likeness (QED) is 0.798. The number of imidazole rings is 1. The SMILES string of the molecule is Cc1cn2c(CN(C)Cc3nccc(N)n3)c(C)nc2s1. The Bertz CT molecular complexity index is 775. The molecule has 0 unspecified atom stereocenters. The fourth-order valence-electron chi connectivity index (χ4n) is 2.34. The Kier molecular flexibility index (Phi) is 3.60. The minimum atomic E-state index is 0.504. The lowest BCUT2D eigenvalue weighted by atomic mass is 10.3. The summed E-state index contributed by atoms with van der Waals surface area (Å²) < 4.78 is 2.17. The van der Waals surface area contributed by atoms with Gasteiger partial charge in [-0.2, -0.15) is 0 Å². The van der Waals surface area contributed by atoms with Gasteiger partial charge in [-0.1, -0.05) is 0 Å². The van der Waals surface area contributed by atoms with Crippen molar-refractivity contribution in [3.8, 4) is 0 Å². The smallest absolute Gasteiger partial charge is 0.194 e. The molecule has 3 rings (SSSR count). The third kappa shape index (κ3) is 2.88. The molecule has 0 aliphatic carbocycles. The van der Waals surface area contributed by atoms with E-state index in [1.165, 1.54) is 10.6 Å². The largest absolute Gasteiger partial charge is 0.384 e. The molecule has 3 heterocycles. The molecule has 0 fully saturated rings. The van der Waals surface area contributed by atoms with Gasteiger partial charge in [-0.3, -0.25) is 9.30 Å². The zero-order valence-corrected chi connectivity index (χ0v) is 13.2. The van der Waals surface area contributed by atoms with E-state index in [0.29, 0.717) is 12.4 Å². The van der Waals surface area contributed by atoms with Crippen LogP contribution >= 0.6 is 11.3 Å². The number of aryl methyl sites for hydroxylation is 2. The summed E-state index contributed by atoms with van der Waals surface area (Å²) in [5.41, 5.74) is 7.97. The molecule has 21 heavy (non-hydrogen) atoms. The zero-order valence-electron chi connectivity index (χ0n) is 12.4. The second-order valence-electron chi connectivity index (χ2n) is 5.21. The Morgan fingerprint density at radius 2 is 2.10 bits per heavy atom. The molecule has 7 heteroatoms. The predicted octanol–water partition coefficient (Wildman–Crippen LogP) is 2.02. The number of thiazole rings is 1. The Hall–Kier alpha value is -1.99. The van der Waals surface area contributed by atoms with Crippen LogP contribution in [0, 0.1) is 13.8 Å². The van der Waals surface area contributed by atoms with Crippen molar-refractivity contribution in [3.63, 3.8) is 0 Å². The van der Waals surface area contributed by atoms with E-state index in [-0.39, 0.29) is 0 Å². The number of hydrogen-bond acceptors (Lipinski definition) is 6. The van der Waals surface area contributed by atoms with Crippen molar-refractivity contribution in [2.45, 2.75) is 26.9 Å². The molecule has 0 spiro atoms. The number of fused-ring (bicyclic) bond motifs is 1. The highest BCUT2D eigenvalue weighted by Gasteiger charge is 2.13.